The van der Waals surface area contributed by atoms with Crippen molar-refractivity contribution in [3.8, 4) is 0 Å². The number of piperidine rings is 1. The van der Waals surface area contributed by atoms with Crippen LogP contribution < -0.4 is 5.32 Å². The molecule has 1 aromatic carbocycles. The van der Waals surface area contributed by atoms with E-state index in [1.165, 1.54) is 18.1 Å². The first kappa shape index (κ1) is 14.9. The van der Waals surface area contributed by atoms with E-state index in [0.29, 0.717) is 5.56 Å². The van der Waals surface area contributed by atoms with Crippen LogP contribution in [0.2, 0.25) is 0 Å². The van der Waals surface area contributed by atoms with E-state index in [0.717, 1.165) is 32.5 Å². The SMILES string of the molecule is O=C(NC1[CH]CCN(CCc2ccccc2)C1)c1ccoc1. The zero-order valence-corrected chi connectivity index (χ0v) is 12.6. The maximum atomic E-state index is 12.1. The first-order valence-electron chi connectivity index (χ1n) is 7.74. The van der Waals surface area contributed by atoms with Crippen molar-refractivity contribution in [3.63, 3.8) is 0 Å². The van der Waals surface area contributed by atoms with Gasteiger partial charge in [0, 0.05) is 19.1 Å². The summed E-state index contributed by atoms with van der Waals surface area (Å²) in [5.74, 6) is -0.0695. The third-order valence-corrected chi connectivity index (χ3v) is 4.01. The van der Waals surface area contributed by atoms with Crippen molar-refractivity contribution >= 4 is 5.91 Å². The van der Waals surface area contributed by atoms with Gasteiger partial charge in [-0.15, -0.1) is 0 Å². The molecule has 1 amide bonds. The third-order valence-electron chi connectivity index (χ3n) is 4.01. The number of amides is 1. The fourth-order valence-electron chi connectivity index (χ4n) is 2.79. The number of nitrogens with one attached hydrogen (secondary N) is 1. The van der Waals surface area contributed by atoms with Crippen LogP contribution in [0.3, 0.4) is 0 Å². The largest absolute Gasteiger partial charge is 0.472 e. The van der Waals surface area contributed by atoms with Crippen LogP contribution in [0.4, 0.5) is 0 Å². The third kappa shape index (κ3) is 3.98. The molecule has 0 aliphatic carbocycles. The van der Waals surface area contributed by atoms with E-state index < -0.39 is 0 Å². The number of hydrogen-bond donors (Lipinski definition) is 1. The number of carbonyl (C=O) groups excluding carboxylic acids is 1. The van der Waals surface area contributed by atoms with Crippen molar-refractivity contribution in [2.75, 3.05) is 19.6 Å². The molecular weight excluding hydrogens is 276 g/mol. The van der Waals surface area contributed by atoms with E-state index in [2.05, 4.69) is 40.9 Å². The molecule has 3 rings (SSSR count). The maximum Gasteiger partial charge on any atom is 0.254 e. The number of rotatable bonds is 5. The van der Waals surface area contributed by atoms with Crippen LogP contribution >= 0.6 is 0 Å². The van der Waals surface area contributed by atoms with Crippen molar-refractivity contribution in [3.05, 3.63) is 66.5 Å². The fraction of sp³-hybridized carbons (Fsp3) is 0.333. The van der Waals surface area contributed by atoms with Crippen molar-refractivity contribution in [2.45, 2.75) is 18.9 Å². The second kappa shape index (κ2) is 7.27. The number of likely N-dealkylation sites (tertiary alicyclic amines) is 1. The molecule has 1 aliphatic rings. The van der Waals surface area contributed by atoms with Crippen LogP contribution in [0.1, 0.15) is 22.3 Å². The summed E-state index contributed by atoms with van der Waals surface area (Å²) in [6, 6.07) is 12.3. The normalized spacial score (nSPS) is 19.0. The van der Waals surface area contributed by atoms with Crippen LogP contribution in [-0.2, 0) is 6.42 Å². The maximum absolute atomic E-state index is 12.1. The Morgan fingerprint density at radius 3 is 2.91 bits per heavy atom. The second-order valence-corrected chi connectivity index (χ2v) is 5.65. The van der Waals surface area contributed by atoms with Gasteiger partial charge in [-0.25, -0.2) is 0 Å². The molecule has 1 aromatic heterocycles. The number of nitrogens with zero attached hydrogens (tertiary/aromatic N) is 1. The number of benzene rings is 1. The molecule has 0 saturated carbocycles. The summed E-state index contributed by atoms with van der Waals surface area (Å²) in [4.78, 5) is 14.5. The summed E-state index contributed by atoms with van der Waals surface area (Å²) in [6.07, 6.45) is 7.24. The first-order valence-corrected chi connectivity index (χ1v) is 7.74. The van der Waals surface area contributed by atoms with Gasteiger partial charge in [0.15, 0.2) is 0 Å². The van der Waals surface area contributed by atoms with Crippen molar-refractivity contribution in [1.82, 2.24) is 10.2 Å². The summed E-state index contributed by atoms with van der Waals surface area (Å²) >= 11 is 0. The summed E-state index contributed by atoms with van der Waals surface area (Å²) in [5.41, 5.74) is 1.94. The average Bonchev–Trinajstić information content (AvgIpc) is 3.09. The Kier molecular flexibility index (Phi) is 4.91. The lowest BCUT2D eigenvalue weighted by Gasteiger charge is -2.32. The van der Waals surface area contributed by atoms with Gasteiger partial charge < -0.3 is 14.6 Å². The van der Waals surface area contributed by atoms with Gasteiger partial charge in [0.1, 0.15) is 6.26 Å². The van der Waals surface area contributed by atoms with E-state index in [9.17, 15) is 4.79 Å². The Morgan fingerprint density at radius 2 is 2.14 bits per heavy atom. The standard InChI is InChI=1S/C18H21N2O2/c21-18(16-9-12-22-14-16)19-17-7-4-10-20(13-17)11-8-15-5-2-1-3-6-15/h1-3,5-7,9,12,14,17H,4,8,10-11,13H2,(H,19,21). The van der Waals surface area contributed by atoms with E-state index in [4.69, 9.17) is 4.42 Å². The second-order valence-electron chi connectivity index (χ2n) is 5.65. The van der Waals surface area contributed by atoms with E-state index in [-0.39, 0.29) is 11.9 Å². The Morgan fingerprint density at radius 1 is 1.27 bits per heavy atom. The Hall–Kier alpha value is -2.07. The number of carbonyl (C=O) groups is 1. The minimum atomic E-state index is -0.0695. The Labute approximate surface area is 131 Å². The van der Waals surface area contributed by atoms with Gasteiger partial charge >= 0.3 is 0 Å². The molecule has 4 nitrogen and oxygen atoms in total. The lowest BCUT2D eigenvalue weighted by molar-refractivity contribution is 0.0922. The summed E-state index contributed by atoms with van der Waals surface area (Å²) in [7, 11) is 0. The quantitative estimate of drug-likeness (QED) is 0.922. The molecular formula is C18H21N2O2. The van der Waals surface area contributed by atoms with Crippen LogP contribution in [0, 0.1) is 6.42 Å². The fourth-order valence-corrected chi connectivity index (χ4v) is 2.79. The molecule has 0 bridgehead atoms. The monoisotopic (exact) mass is 297 g/mol. The highest BCUT2D eigenvalue weighted by Gasteiger charge is 2.22. The lowest BCUT2D eigenvalue weighted by atomic mass is 10.0. The number of furan rings is 1. The topological polar surface area (TPSA) is 45.5 Å². The molecule has 1 N–H and O–H groups in total. The molecule has 0 spiro atoms. The van der Waals surface area contributed by atoms with Gasteiger partial charge in [-0.3, -0.25) is 4.79 Å². The van der Waals surface area contributed by atoms with Crippen molar-refractivity contribution in [2.24, 2.45) is 0 Å². The highest BCUT2D eigenvalue weighted by atomic mass is 16.3. The van der Waals surface area contributed by atoms with Gasteiger partial charge in [0.05, 0.1) is 11.8 Å². The molecule has 4 heteroatoms. The molecule has 1 saturated heterocycles. The van der Waals surface area contributed by atoms with Crippen LogP contribution in [-0.4, -0.2) is 36.5 Å². The van der Waals surface area contributed by atoms with Gasteiger partial charge in [-0.1, -0.05) is 30.3 Å². The van der Waals surface area contributed by atoms with E-state index in [1.807, 2.05) is 6.07 Å². The number of hydrogen-bond acceptors (Lipinski definition) is 3. The van der Waals surface area contributed by atoms with Gasteiger partial charge in [-0.2, -0.15) is 0 Å². The summed E-state index contributed by atoms with van der Waals surface area (Å²) < 4.78 is 4.95. The first-order chi connectivity index (χ1) is 10.8. The lowest BCUT2D eigenvalue weighted by Crippen LogP contribution is -2.48. The highest BCUT2D eigenvalue weighted by Crippen LogP contribution is 2.11. The predicted molar refractivity (Wildman–Crippen MR) is 85.5 cm³/mol. The van der Waals surface area contributed by atoms with Gasteiger partial charge in [0.2, 0.25) is 0 Å². The highest BCUT2D eigenvalue weighted by molar-refractivity contribution is 5.94. The van der Waals surface area contributed by atoms with E-state index >= 15 is 0 Å². The Balaban J connectivity index is 1.48. The average molecular weight is 297 g/mol. The van der Waals surface area contributed by atoms with Crippen molar-refractivity contribution in [1.29, 1.82) is 0 Å². The van der Waals surface area contributed by atoms with Gasteiger partial charge in [-0.05, 0) is 37.4 Å². The minimum Gasteiger partial charge on any atom is -0.472 e. The molecule has 1 atom stereocenters. The molecule has 2 heterocycles. The summed E-state index contributed by atoms with van der Waals surface area (Å²) in [5, 5.41) is 3.05. The van der Waals surface area contributed by atoms with Crippen LogP contribution in [0.5, 0.6) is 0 Å². The molecule has 2 aromatic rings. The molecule has 1 fully saturated rings. The predicted octanol–water partition coefficient (Wildman–Crippen LogP) is 2.53. The molecule has 22 heavy (non-hydrogen) atoms. The van der Waals surface area contributed by atoms with Gasteiger partial charge in [0.25, 0.3) is 5.91 Å². The van der Waals surface area contributed by atoms with E-state index in [1.54, 1.807) is 6.07 Å². The molecule has 1 radical (unpaired) electrons. The minimum absolute atomic E-state index is 0.0695. The smallest absolute Gasteiger partial charge is 0.254 e. The van der Waals surface area contributed by atoms with Crippen LogP contribution in [0.25, 0.3) is 0 Å². The molecule has 1 unspecified atom stereocenters. The van der Waals surface area contributed by atoms with Crippen molar-refractivity contribution < 1.29 is 9.21 Å². The zero-order chi connectivity index (χ0) is 15.2. The Bertz CT molecular complexity index is 580. The summed E-state index contributed by atoms with van der Waals surface area (Å²) in [6.45, 7) is 2.96. The zero-order valence-electron chi connectivity index (χ0n) is 12.6. The molecule has 115 valence electrons. The van der Waals surface area contributed by atoms with Crippen LogP contribution in [0.15, 0.2) is 53.3 Å². The molecule has 1 aliphatic heterocycles.